The van der Waals surface area contributed by atoms with E-state index >= 15 is 0 Å². The first-order valence-corrected chi connectivity index (χ1v) is 7.41. The highest BCUT2D eigenvalue weighted by Gasteiger charge is 2.17. The topological polar surface area (TPSA) is 36.3 Å². The molecular weight excluding hydrogens is 288 g/mol. The number of methoxy groups -OCH3 is 2. The number of para-hydroxylation sites is 1. The maximum Gasteiger partial charge on any atom is 0.241 e. The molecule has 0 aliphatic heterocycles. The number of fused-ring (bicyclic) bond motifs is 3. The fourth-order valence-electron chi connectivity index (χ4n) is 2.99. The van der Waals surface area contributed by atoms with Gasteiger partial charge in [0.2, 0.25) is 5.88 Å². The molecule has 0 saturated carbocycles. The van der Waals surface area contributed by atoms with Crippen LogP contribution in [0.3, 0.4) is 0 Å². The van der Waals surface area contributed by atoms with Crippen molar-refractivity contribution in [3.05, 3.63) is 60.7 Å². The van der Waals surface area contributed by atoms with E-state index < -0.39 is 0 Å². The van der Waals surface area contributed by atoms with Crippen LogP contribution in [0.25, 0.3) is 27.4 Å². The van der Waals surface area contributed by atoms with Crippen molar-refractivity contribution in [2.75, 3.05) is 14.2 Å². The van der Waals surface area contributed by atoms with Crippen molar-refractivity contribution in [3.8, 4) is 17.3 Å². The maximum atomic E-state index is 5.56. The number of hydrogen-bond acceptors (Lipinski definition) is 3. The molecule has 0 atom stereocenters. The van der Waals surface area contributed by atoms with Crippen LogP contribution in [0.4, 0.5) is 0 Å². The van der Waals surface area contributed by atoms with E-state index in [1.807, 2.05) is 53.2 Å². The summed E-state index contributed by atoms with van der Waals surface area (Å²) in [5.41, 5.74) is 2.01. The predicted octanol–water partition coefficient (Wildman–Crippen LogP) is 4.20. The van der Waals surface area contributed by atoms with Crippen molar-refractivity contribution in [2.24, 2.45) is 0 Å². The first-order valence-electron chi connectivity index (χ1n) is 7.41. The molecule has 4 rings (SSSR count). The van der Waals surface area contributed by atoms with Crippen molar-refractivity contribution in [3.63, 3.8) is 0 Å². The van der Waals surface area contributed by atoms with E-state index in [1.54, 1.807) is 14.2 Å². The quantitative estimate of drug-likeness (QED) is 0.569. The van der Waals surface area contributed by atoms with Gasteiger partial charge in [0.15, 0.2) is 0 Å². The monoisotopic (exact) mass is 304 g/mol. The SMILES string of the molecule is COc1cc2c(OC)nn(-c3ccccc3)c2c2ccccc12. The van der Waals surface area contributed by atoms with Gasteiger partial charge in [0.25, 0.3) is 0 Å². The smallest absolute Gasteiger partial charge is 0.241 e. The Morgan fingerprint density at radius 1 is 0.783 bits per heavy atom. The number of rotatable bonds is 3. The second kappa shape index (κ2) is 5.32. The van der Waals surface area contributed by atoms with E-state index in [9.17, 15) is 0 Å². The van der Waals surface area contributed by atoms with Gasteiger partial charge in [-0.05, 0) is 18.2 Å². The van der Waals surface area contributed by atoms with Crippen molar-refractivity contribution in [1.82, 2.24) is 9.78 Å². The lowest BCUT2D eigenvalue weighted by Gasteiger charge is -2.09. The van der Waals surface area contributed by atoms with Gasteiger partial charge in [-0.15, -0.1) is 5.10 Å². The molecule has 0 aliphatic carbocycles. The third-order valence-electron chi connectivity index (χ3n) is 4.03. The zero-order valence-corrected chi connectivity index (χ0v) is 13.0. The van der Waals surface area contributed by atoms with Crippen LogP contribution in [0.2, 0.25) is 0 Å². The molecule has 23 heavy (non-hydrogen) atoms. The van der Waals surface area contributed by atoms with Crippen LogP contribution in [-0.4, -0.2) is 24.0 Å². The van der Waals surface area contributed by atoms with Gasteiger partial charge < -0.3 is 9.47 Å². The number of ether oxygens (including phenoxy) is 2. The van der Waals surface area contributed by atoms with E-state index in [1.165, 1.54) is 0 Å². The Kier molecular flexibility index (Phi) is 3.15. The van der Waals surface area contributed by atoms with Gasteiger partial charge >= 0.3 is 0 Å². The van der Waals surface area contributed by atoms with Gasteiger partial charge in [-0.1, -0.05) is 42.5 Å². The second-order valence-corrected chi connectivity index (χ2v) is 5.28. The summed E-state index contributed by atoms with van der Waals surface area (Å²) >= 11 is 0. The molecule has 0 saturated heterocycles. The molecule has 0 amide bonds. The molecule has 114 valence electrons. The highest BCUT2D eigenvalue weighted by Crippen LogP contribution is 2.38. The summed E-state index contributed by atoms with van der Waals surface area (Å²) in [4.78, 5) is 0. The summed E-state index contributed by atoms with van der Waals surface area (Å²) in [6, 6.07) is 20.2. The largest absolute Gasteiger partial charge is 0.496 e. The van der Waals surface area contributed by atoms with Crippen molar-refractivity contribution in [1.29, 1.82) is 0 Å². The fraction of sp³-hybridized carbons (Fsp3) is 0.105. The van der Waals surface area contributed by atoms with Crippen molar-refractivity contribution >= 4 is 21.7 Å². The van der Waals surface area contributed by atoms with Gasteiger partial charge in [-0.3, -0.25) is 0 Å². The Labute approximate surface area is 133 Å². The molecule has 0 N–H and O–H groups in total. The normalized spacial score (nSPS) is 11.0. The van der Waals surface area contributed by atoms with Gasteiger partial charge in [-0.25, -0.2) is 4.68 Å². The molecule has 0 spiro atoms. The lowest BCUT2D eigenvalue weighted by molar-refractivity contribution is 0.397. The molecule has 4 aromatic rings. The molecule has 4 nitrogen and oxygen atoms in total. The van der Waals surface area contributed by atoms with Gasteiger partial charge in [0.1, 0.15) is 5.75 Å². The Hall–Kier alpha value is -3.01. The molecule has 0 radical (unpaired) electrons. The summed E-state index contributed by atoms with van der Waals surface area (Å²) in [5, 5.41) is 7.72. The van der Waals surface area contributed by atoms with E-state index in [4.69, 9.17) is 9.47 Å². The summed E-state index contributed by atoms with van der Waals surface area (Å²) in [6.45, 7) is 0. The third kappa shape index (κ3) is 2.03. The summed E-state index contributed by atoms with van der Waals surface area (Å²) in [7, 11) is 3.32. The minimum Gasteiger partial charge on any atom is -0.496 e. The van der Waals surface area contributed by atoms with E-state index in [-0.39, 0.29) is 0 Å². The van der Waals surface area contributed by atoms with Crippen LogP contribution in [0.1, 0.15) is 0 Å². The Bertz CT molecular complexity index is 991. The molecule has 3 aromatic carbocycles. The maximum absolute atomic E-state index is 5.56. The lowest BCUT2D eigenvalue weighted by Crippen LogP contribution is -1.97. The molecule has 4 heteroatoms. The number of hydrogen-bond donors (Lipinski definition) is 0. The fourth-order valence-corrected chi connectivity index (χ4v) is 2.99. The molecule has 1 heterocycles. The molecule has 0 unspecified atom stereocenters. The second-order valence-electron chi connectivity index (χ2n) is 5.28. The van der Waals surface area contributed by atoms with E-state index in [0.717, 1.165) is 33.1 Å². The predicted molar refractivity (Wildman–Crippen MR) is 91.7 cm³/mol. The molecular formula is C19H16N2O2. The lowest BCUT2D eigenvalue weighted by atomic mass is 10.1. The average Bonchev–Trinajstić information content (AvgIpc) is 3.00. The zero-order chi connectivity index (χ0) is 15.8. The van der Waals surface area contributed by atoms with Crippen LogP contribution < -0.4 is 9.47 Å². The van der Waals surface area contributed by atoms with Gasteiger partial charge in [0, 0.05) is 10.8 Å². The van der Waals surface area contributed by atoms with E-state index in [2.05, 4.69) is 17.2 Å². The minimum atomic E-state index is 0.591. The molecule has 0 aliphatic rings. The summed E-state index contributed by atoms with van der Waals surface area (Å²) < 4.78 is 13.0. The first kappa shape index (κ1) is 13.6. The first-order chi connectivity index (χ1) is 11.3. The number of aromatic nitrogens is 2. The van der Waals surface area contributed by atoms with Gasteiger partial charge in [-0.2, -0.15) is 0 Å². The Morgan fingerprint density at radius 3 is 2.17 bits per heavy atom. The standard InChI is InChI=1S/C19H16N2O2/c1-22-17-12-16-18(15-11-7-6-10-14(15)17)21(20-19(16)23-2)13-8-4-3-5-9-13/h3-12H,1-2H3. The highest BCUT2D eigenvalue weighted by molar-refractivity contribution is 6.10. The zero-order valence-electron chi connectivity index (χ0n) is 13.0. The Balaban J connectivity index is 2.19. The van der Waals surface area contributed by atoms with E-state index in [0.29, 0.717) is 5.88 Å². The minimum absolute atomic E-state index is 0.591. The van der Waals surface area contributed by atoms with Crippen LogP contribution in [0.5, 0.6) is 11.6 Å². The van der Waals surface area contributed by atoms with Crippen LogP contribution in [-0.2, 0) is 0 Å². The number of nitrogens with zero attached hydrogens (tertiary/aromatic N) is 2. The number of benzene rings is 3. The van der Waals surface area contributed by atoms with Gasteiger partial charge in [0.05, 0.1) is 30.8 Å². The van der Waals surface area contributed by atoms with Crippen LogP contribution in [0, 0.1) is 0 Å². The third-order valence-corrected chi connectivity index (χ3v) is 4.03. The Morgan fingerprint density at radius 2 is 1.48 bits per heavy atom. The molecule has 0 bridgehead atoms. The van der Waals surface area contributed by atoms with Crippen LogP contribution >= 0.6 is 0 Å². The summed E-state index contributed by atoms with van der Waals surface area (Å²) in [5.74, 6) is 1.41. The van der Waals surface area contributed by atoms with Crippen molar-refractivity contribution < 1.29 is 9.47 Å². The average molecular weight is 304 g/mol. The highest BCUT2D eigenvalue weighted by atomic mass is 16.5. The summed E-state index contributed by atoms with van der Waals surface area (Å²) in [6.07, 6.45) is 0. The molecule has 0 fully saturated rings. The molecule has 1 aromatic heterocycles. The van der Waals surface area contributed by atoms with Crippen LogP contribution in [0.15, 0.2) is 60.7 Å². The van der Waals surface area contributed by atoms with Crippen molar-refractivity contribution in [2.45, 2.75) is 0 Å².